The molecular weight excluding hydrogens is 210 g/mol. The molecule has 0 bridgehead atoms. The van der Waals surface area contributed by atoms with E-state index in [2.05, 4.69) is 15.3 Å². The zero-order chi connectivity index (χ0) is 10.4. The van der Waals surface area contributed by atoms with E-state index in [1.165, 1.54) is 0 Å². The molecule has 2 heterocycles. The summed E-state index contributed by atoms with van der Waals surface area (Å²) >= 11 is 1.55. The first-order chi connectivity index (χ1) is 7.24. The van der Waals surface area contributed by atoms with Gasteiger partial charge in [-0.25, -0.2) is 9.97 Å². The predicted octanol–water partition coefficient (Wildman–Crippen LogP) is 0.972. The molecule has 2 aromatic rings. The highest BCUT2D eigenvalue weighted by Crippen LogP contribution is 2.40. The maximum absolute atomic E-state index is 5.79. The smallest absolute Gasteiger partial charge is 0.220 e. The van der Waals surface area contributed by atoms with Crippen LogP contribution in [0.5, 0.6) is 0 Å². The zero-order valence-electron chi connectivity index (χ0n) is 7.77. The Labute approximate surface area is 90.3 Å². The predicted molar refractivity (Wildman–Crippen MR) is 61.4 cm³/mol. The second-order valence-corrected chi connectivity index (χ2v) is 4.44. The van der Waals surface area contributed by atoms with E-state index in [4.69, 9.17) is 11.5 Å². The molecule has 0 saturated carbocycles. The van der Waals surface area contributed by atoms with Gasteiger partial charge in [0.05, 0.1) is 16.1 Å². The minimum atomic E-state index is -0.109. The fourth-order valence-electron chi connectivity index (χ4n) is 1.63. The molecule has 1 atom stereocenters. The Morgan fingerprint density at radius 1 is 1.40 bits per heavy atom. The van der Waals surface area contributed by atoms with Gasteiger partial charge < -0.3 is 16.8 Å². The van der Waals surface area contributed by atoms with E-state index in [1.54, 1.807) is 18.0 Å². The molecule has 1 aliphatic rings. The fourth-order valence-corrected chi connectivity index (χ4v) is 2.60. The van der Waals surface area contributed by atoms with E-state index >= 15 is 0 Å². The first kappa shape index (κ1) is 8.75. The van der Waals surface area contributed by atoms with Gasteiger partial charge in [0, 0.05) is 11.6 Å². The summed E-state index contributed by atoms with van der Waals surface area (Å²) in [5.74, 6) is 0.289. The highest BCUT2D eigenvalue weighted by molar-refractivity contribution is 8.00. The second-order valence-electron chi connectivity index (χ2n) is 3.29. The molecule has 0 aliphatic carbocycles. The summed E-state index contributed by atoms with van der Waals surface area (Å²) in [5.41, 5.74) is 13.1. The summed E-state index contributed by atoms with van der Waals surface area (Å²) in [6.45, 7) is 0. The number of nitrogens with two attached hydrogens (primary N) is 2. The van der Waals surface area contributed by atoms with Gasteiger partial charge in [-0.15, -0.1) is 0 Å². The Morgan fingerprint density at radius 3 is 3.13 bits per heavy atom. The first-order valence-corrected chi connectivity index (χ1v) is 5.36. The van der Waals surface area contributed by atoms with E-state index in [-0.39, 0.29) is 11.4 Å². The maximum Gasteiger partial charge on any atom is 0.220 e. The number of thioether (sulfide) groups is 1. The van der Waals surface area contributed by atoms with Crippen LogP contribution in [0.15, 0.2) is 23.2 Å². The Hall–Kier alpha value is -1.53. The van der Waals surface area contributed by atoms with Crippen LogP contribution in [0.4, 0.5) is 11.6 Å². The van der Waals surface area contributed by atoms with Crippen LogP contribution in [0.3, 0.4) is 0 Å². The van der Waals surface area contributed by atoms with Crippen molar-refractivity contribution in [3.8, 4) is 0 Å². The molecule has 0 radical (unpaired) electrons. The van der Waals surface area contributed by atoms with Gasteiger partial charge >= 0.3 is 0 Å². The molecule has 1 aromatic heterocycles. The van der Waals surface area contributed by atoms with Crippen LogP contribution in [-0.2, 0) is 0 Å². The van der Waals surface area contributed by atoms with Gasteiger partial charge in [-0.2, -0.15) is 0 Å². The molecule has 15 heavy (non-hydrogen) atoms. The Bertz CT molecular complexity index is 541. The molecule has 1 unspecified atom stereocenters. The highest BCUT2D eigenvalue weighted by Gasteiger charge is 2.21. The lowest BCUT2D eigenvalue weighted by molar-refractivity contribution is 1.08. The summed E-state index contributed by atoms with van der Waals surface area (Å²) in [5, 5.41) is 4.13. The van der Waals surface area contributed by atoms with Crippen molar-refractivity contribution in [3.63, 3.8) is 0 Å². The third-order valence-electron chi connectivity index (χ3n) is 2.27. The summed E-state index contributed by atoms with van der Waals surface area (Å²) in [7, 11) is 0. The zero-order valence-corrected chi connectivity index (χ0v) is 8.58. The number of nitrogen functional groups attached to an aromatic ring is 1. The Kier molecular flexibility index (Phi) is 1.74. The average Bonchev–Trinajstić information content (AvgIpc) is 2.58. The molecule has 1 aromatic carbocycles. The Balaban J connectivity index is 2.33. The van der Waals surface area contributed by atoms with Crippen molar-refractivity contribution in [1.82, 2.24) is 9.97 Å². The van der Waals surface area contributed by atoms with Crippen molar-refractivity contribution in [2.45, 2.75) is 10.4 Å². The number of rotatable bonds is 0. The SMILES string of the molecule is Nc1ncc2ccc3c(c2n1)SC(N)N3. The van der Waals surface area contributed by atoms with Gasteiger partial charge in [0.2, 0.25) is 5.95 Å². The summed E-state index contributed by atoms with van der Waals surface area (Å²) in [4.78, 5) is 9.24. The topological polar surface area (TPSA) is 89.8 Å². The molecule has 3 rings (SSSR count). The number of aromatic nitrogens is 2. The Morgan fingerprint density at radius 2 is 2.27 bits per heavy atom. The molecule has 0 saturated heterocycles. The van der Waals surface area contributed by atoms with Gasteiger partial charge in [-0.3, -0.25) is 0 Å². The molecule has 5 N–H and O–H groups in total. The van der Waals surface area contributed by atoms with Crippen molar-refractivity contribution < 1.29 is 0 Å². The quantitative estimate of drug-likeness (QED) is 0.611. The summed E-state index contributed by atoms with van der Waals surface area (Å²) in [6, 6.07) is 3.94. The summed E-state index contributed by atoms with van der Waals surface area (Å²) in [6.07, 6.45) is 1.72. The third kappa shape index (κ3) is 1.30. The van der Waals surface area contributed by atoms with Crippen LogP contribution >= 0.6 is 11.8 Å². The highest BCUT2D eigenvalue weighted by atomic mass is 32.2. The van der Waals surface area contributed by atoms with E-state index in [0.29, 0.717) is 0 Å². The normalized spacial score (nSPS) is 18.9. The minimum absolute atomic E-state index is 0.109. The van der Waals surface area contributed by atoms with Crippen LogP contribution in [0, 0.1) is 0 Å². The number of nitrogens with one attached hydrogen (secondary N) is 1. The number of benzene rings is 1. The maximum atomic E-state index is 5.79. The van der Waals surface area contributed by atoms with Gasteiger partial charge in [0.1, 0.15) is 5.50 Å². The molecule has 5 nitrogen and oxygen atoms in total. The number of nitrogens with zero attached hydrogens (tertiary/aromatic N) is 2. The largest absolute Gasteiger partial charge is 0.368 e. The molecule has 0 fully saturated rings. The standard InChI is InChI=1S/C9H9N5S/c10-8-12-3-4-1-2-5-7(6(4)14-8)15-9(11)13-5/h1-3,9,13H,11H2,(H2,10,12,14). The lowest BCUT2D eigenvalue weighted by atomic mass is 10.2. The van der Waals surface area contributed by atoms with E-state index in [1.807, 2.05) is 12.1 Å². The fraction of sp³-hybridized carbons (Fsp3) is 0.111. The van der Waals surface area contributed by atoms with Crippen LogP contribution in [0.1, 0.15) is 0 Å². The van der Waals surface area contributed by atoms with Crippen LogP contribution in [0.2, 0.25) is 0 Å². The molecule has 6 heteroatoms. The molecule has 0 spiro atoms. The number of hydrogen-bond donors (Lipinski definition) is 3. The van der Waals surface area contributed by atoms with Gasteiger partial charge in [0.15, 0.2) is 0 Å². The monoisotopic (exact) mass is 219 g/mol. The van der Waals surface area contributed by atoms with E-state index < -0.39 is 0 Å². The van der Waals surface area contributed by atoms with E-state index in [9.17, 15) is 0 Å². The number of anilines is 2. The van der Waals surface area contributed by atoms with Crippen molar-refractivity contribution in [3.05, 3.63) is 18.3 Å². The molecular formula is C9H9N5S. The minimum Gasteiger partial charge on any atom is -0.368 e. The van der Waals surface area contributed by atoms with E-state index in [0.717, 1.165) is 21.5 Å². The summed E-state index contributed by atoms with van der Waals surface area (Å²) < 4.78 is 0. The number of hydrogen-bond acceptors (Lipinski definition) is 6. The molecule has 1 aliphatic heterocycles. The van der Waals surface area contributed by atoms with Crippen molar-refractivity contribution in [1.29, 1.82) is 0 Å². The molecule has 0 amide bonds. The van der Waals surface area contributed by atoms with Crippen LogP contribution < -0.4 is 16.8 Å². The third-order valence-corrected chi connectivity index (χ3v) is 3.29. The number of fused-ring (bicyclic) bond motifs is 3. The van der Waals surface area contributed by atoms with Crippen LogP contribution in [-0.4, -0.2) is 15.5 Å². The van der Waals surface area contributed by atoms with Gasteiger partial charge in [0.25, 0.3) is 0 Å². The lowest BCUT2D eigenvalue weighted by Crippen LogP contribution is -2.20. The van der Waals surface area contributed by atoms with Crippen LogP contribution in [0.25, 0.3) is 10.9 Å². The average molecular weight is 219 g/mol. The van der Waals surface area contributed by atoms with Crippen molar-refractivity contribution >= 4 is 34.3 Å². The second kappa shape index (κ2) is 2.98. The molecule has 76 valence electrons. The lowest BCUT2D eigenvalue weighted by Gasteiger charge is -2.02. The first-order valence-electron chi connectivity index (χ1n) is 4.48. The van der Waals surface area contributed by atoms with Gasteiger partial charge in [-0.05, 0) is 12.1 Å². The van der Waals surface area contributed by atoms with Crippen molar-refractivity contribution in [2.24, 2.45) is 5.73 Å². The van der Waals surface area contributed by atoms with Crippen molar-refractivity contribution in [2.75, 3.05) is 11.1 Å². The van der Waals surface area contributed by atoms with Gasteiger partial charge in [-0.1, -0.05) is 11.8 Å².